The Bertz CT molecular complexity index is 1160. The van der Waals surface area contributed by atoms with Gasteiger partial charge in [-0.1, -0.05) is 78.9 Å². The van der Waals surface area contributed by atoms with Gasteiger partial charge in [0.25, 0.3) is 0 Å². The minimum Gasteiger partial charge on any atom is -0.497 e. The van der Waals surface area contributed by atoms with Gasteiger partial charge in [0.2, 0.25) is 7.29 Å². The van der Waals surface area contributed by atoms with E-state index in [9.17, 15) is 4.57 Å². The number of methoxy groups -OCH3 is 1. The summed E-state index contributed by atoms with van der Waals surface area (Å²) in [5.74, 6) is 0.799. The van der Waals surface area contributed by atoms with E-state index in [4.69, 9.17) is 10.5 Å². The largest absolute Gasteiger partial charge is 0.497 e. The van der Waals surface area contributed by atoms with Crippen LogP contribution in [-0.2, 0) is 11.0 Å². The number of hydrogen-bond donors (Lipinski definition) is 2. The molecule has 0 bridgehead atoms. The van der Waals surface area contributed by atoms with Crippen LogP contribution >= 0.6 is 7.29 Å². The van der Waals surface area contributed by atoms with Gasteiger partial charge in [-0.2, -0.15) is 0 Å². The summed E-state index contributed by atoms with van der Waals surface area (Å²) < 4.78 is 19.9. The summed E-state index contributed by atoms with van der Waals surface area (Å²) in [7, 11) is -1.45. The Morgan fingerprint density at radius 1 is 0.765 bits per heavy atom. The van der Waals surface area contributed by atoms with Crippen LogP contribution in [0.5, 0.6) is 5.75 Å². The van der Waals surface area contributed by atoms with Gasteiger partial charge in [0.1, 0.15) is 5.75 Å². The maximum atomic E-state index is 14.7. The van der Waals surface area contributed by atoms with E-state index in [1.54, 1.807) is 7.11 Å². The average molecular weight is 471 g/mol. The van der Waals surface area contributed by atoms with Crippen molar-refractivity contribution in [2.24, 2.45) is 5.73 Å². The van der Waals surface area contributed by atoms with E-state index in [2.05, 4.69) is 17.2 Å². The molecule has 4 nitrogen and oxygen atoms in total. The van der Waals surface area contributed by atoms with E-state index in [-0.39, 0.29) is 12.1 Å². The fraction of sp³-hybridized carbons (Fsp3) is 0.172. The zero-order valence-corrected chi connectivity index (χ0v) is 20.3. The molecule has 0 aliphatic heterocycles. The first kappa shape index (κ1) is 24.0. The first-order chi connectivity index (χ1) is 16.6. The van der Waals surface area contributed by atoms with Gasteiger partial charge in [0.05, 0.1) is 7.11 Å². The normalized spacial score (nSPS) is 13.2. The van der Waals surface area contributed by atoms with Crippen LogP contribution in [-0.4, -0.2) is 13.2 Å². The molecular formula is C29H31N2O2P. The molecule has 3 N–H and O–H groups in total. The molecule has 0 spiro atoms. The minimum absolute atomic E-state index is 0.106. The first-order valence-corrected chi connectivity index (χ1v) is 13.2. The van der Waals surface area contributed by atoms with Crippen molar-refractivity contribution < 1.29 is 9.30 Å². The lowest BCUT2D eigenvalue weighted by Crippen LogP contribution is -2.38. The van der Waals surface area contributed by atoms with Crippen LogP contribution < -0.4 is 26.2 Å². The highest BCUT2D eigenvalue weighted by Crippen LogP contribution is 2.40. The van der Waals surface area contributed by atoms with Gasteiger partial charge in [-0.25, -0.2) is 0 Å². The van der Waals surface area contributed by atoms with E-state index in [0.29, 0.717) is 12.8 Å². The van der Waals surface area contributed by atoms with Crippen LogP contribution in [0.2, 0.25) is 0 Å². The molecule has 0 amide bonds. The van der Waals surface area contributed by atoms with Crippen molar-refractivity contribution in [2.75, 3.05) is 7.11 Å². The Kier molecular flexibility index (Phi) is 7.97. The fourth-order valence-corrected chi connectivity index (χ4v) is 6.70. The molecule has 4 rings (SSSR count). The molecule has 4 aromatic carbocycles. The van der Waals surface area contributed by atoms with Gasteiger partial charge in [-0.3, -0.25) is 9.65 Å². The molecule has 2 atom stereocenters. The molecular weight excluding hydrogens is 439 g/mol. The van der Waals surface area contributed by atoms with Crippen LogP contribution in [0, 0.1) is 0 Å². The maximum Gasteiger partial charge on any atom is 0.204 e. The number of nitrogens with two attached hydrogens (primary N) is 1. The molecule has 34 heavy (non-hydrogen) atoms. The third-order valence-electron chi connectivity index (χ3n) is 6.01. The van der Waals surface area contributed by atoms with E-state index in [1.165, 1.54) is 5.56 Å². The quantitative estimate of drug-likeness (QED) is 0.312. The molecule has 0 saturated heterocycles. The average Bonchev–Trinajstić information content (AvgIpc) is 2.90. The first-order valence-electron chi connectivity index (χ1n) is 11.5. The third kappa shape index (κ3) is 5.84. The lowest BCUT2D eigenvalue weighted by molar-refractivity contribution is 0.414. The summed E-state index contributed by atoms with van der Waals surface area (Å²) in [5, 5.41) is 5.16. The van der Waals surface area contributed by atoms with Crippen molar-refractivity contribution in [3.05, 3.63) is 126 Å². The molecule has 0 heterocycles. The van der Waals surface area contributed by atoms with Crippen LogP contribution in [0.4, 0.5) is 0 Å². The zero-order chi connectivity index (χ0) is 23.8. The summed E-state index contributed by atoms with van der Waals surface area (Å²) in [4.78, 5) is 0. The van der Waals surface area contributed by atoms with Crippen LogP contribution in [0.3, 0.4) is 0 Å². The van der Waals surface area contributed by atoms with Crippen molar-refractivity contribution in [3.8, 4) is 5.75 Å². The Hall–Kier alpha value is -3.17. The van der Waals surface area contributed by atoms with Crippen molar-refractivity contribution in [1.29, 1.82) is 0 Å². The van der Waals surface area contributed by atoms with E-state index >= 15 is 0 Å². The summed E-state index contributed by atoms with van der Waals surface area (Å²) in [5.41, 5.74) is 8.87. The van der Waals surface area contributed by atoms with Gasteiger partial charge in [-0.05, 0) is 60.4 Å². The predicted octanol–water partition coefficient (Wildman–Crippen LogP) is 5.22. The molecule has 0 fully saturated rings. The van der Waals surface area contributed by atoms with E-state index < -0.39 is 7.29 Å². The Labute approximate surface area is 202 Å². The Morgan fingerprint density at radius 2 is 1.26 bits per heavy atom. The molecule has 0 radical (unpaired) electrons. The van der Waals surface area contributed by atoms with Crippen LogP contribution in [0.1, 0.15) is 23.6 Å². The highest BCUT2D eigenvalue weighted by atomic mass is 31.2. The Morgan fingerprint density at radius 3 is 1.76 bits per heavy atom. The number of rotatable bonds is 10. The molecule has 0 aliphatic carbocycles. The zero-order valence-electron chi connectivity index (χ0n) is 19.4. The lowest BCUT2D eigenvalue weighted by atomic mass is 9.96. The fourth-order valence-electron chi connectivity index (χ4n) is 4.21. The molecule has 0 unspecified atom stereocenters. The topological polar surface area (TPSA) is 64.3 Å². The second kappa shape index (κ2) is 11.3. The number of ether oxygens (including phenoxy) is 1. The van der Waals surface area contributed by atoms with E-state index in [0.717, 1.165) is 21.9 Å². The van der Waals surface area contributed by atoms with Gasteiger partial charge in [0, 0.05) is 22.7 Å². The number of nitrogens with one attached hydrogen (secondary N) is 1. The molecule has 5 heteroatoms. The second-order valence-corrected chi connectivity index (χ2v) is 10.9. The van der Waals surface area contributed by atoms with Crippen molar-refractivity contribution in [2.45, 2.75) is 24.9 Å². The van der Waals surface area contributed by atoms with Gasteiger partial charge in [-0.15, -0.1) is 0 Å². The van der Waals surface area contributed by atoms with Crippen molar-refractivity contribution in [1.82, 2.24) is 5.09 Å². The lowest BCUT2D eigenvalue weighted by Gasteiger charge is -2.29. The molecule has 174 valence electrons. The SMILES string of the molecule is COc1ccc([C@@H](N)C[C@H](Cc2ccccc2)NP(=O)(c2ccccc2)c2ccccc2)cc1. The standard InChI is InChI=1S/C29H31N2O2P/c1-33-26-19-17-24(18-20-26)29(30)22-25(21-23-11-5-2-6-12-23)31-34(32,27-13-7-3-8-14-27)28-15-9-4-10-16-28/h2-20,25,29H,21-22,30H2,1H3,(H,31,32)/t25-,29-/m0/s1. The van der Waals surface area contributed by atoms with E-state index in [1.807, 2.05) is 103 Å². The molecule has 4 aromatic rings. The molecule has 0 aliphatic rings. The Balaban J connectivity index is 1.67. The predicted molar refractivity (Wildman–Crippen MR) is 141 cm³/mol. The van der Waals surface area contributed by atoms with Crippen molar-refractivity contribution in [3.63, 3.8) is 0 Å². The third-order valence-corrected chi connectivity index (χ3v) is 8.79. The number of hydrogen-bond acceptors (Lipinski definition) is 3. The van der Waals surface area contributed by atoms with Gasteiger partial charge < -0.3 is 10.5 Å². The summed E-state index contributed by atoms with van der Waals surface area (Å²) >= 11 is 0. The summed E-state index contributed by atoms with van der Waals surface area (Å²) in [6.45, 7) is 0. The molecule has 0 aromatic heterocycles. The summed E-state index contributed by atoms with van der Waals surface area (Å²) in [6.07, 6.45) is 1.35. The number of benzene rings is 4. The van der Waals surface area contributed by atoms with Crippen LogP contribution in [0.25, 0.3) is 0 Å². The highest BCUT2D eigenvalue weighted by molar-refractivity contribution is 7.76. The monoisotopic (exact) mass is 470 g/mol. The van der Waals surface area contributed by atoms with Gasteiger partial charge >= 0.3 is 0 Å². The van der Waals surface area contributed by atoms with Gasteiger partial charge in [0.15, 0.2) is 0 Å². The summed E-state index contributed by atoms with van der Waals surface area (Å²) in [6, 6.07) is 37.1. The van der Waals surface area contributed by atoms with Crippen LogP contribution in [0.15, 0.2) is 115 Å². The highest BCUT2D eigenvalue weighted by Gasteiger charge is 2.31. The van der Waals surface area contributed by atoms with Crippen molar-refractivity contribution >= 4 is 17.9 Å². The maximum absolute atomic E-state index is 14.7. The minimum atomic E-state index is -3.10. The second-order valence-electron chi connectivity index (χ2n) is 8.41. The smallest absolute Gasteiger partial charge is 0.204 e. The molecule has 0 saturated carbocycles.